The minimum atomic E-state index is 1.23. The van der Waals surface area contributed by atoms with Gasteiger partial charge in [-0.25, -0.2) is 9.13 Å². The number of hydrogen-bond donors (Lipinski definition) is 0. The van der Waals surface area contributed by atoms with Gasteiger partial charge in [-0.3, -0.25) is 0 Å². The van der Waals surface area contributed by atoms with Crippen LogP contribution in [-0.2, 0) is 19.5 Å². The van der Waals surface area contributed by atoms with Gasteiger partial charge in [-0.05, 0) is 32.1 Å². The number of imidazole rings is 1. The van der Waals surface area contributed by atoms with Gasteiger partial charge in [-0.15, -0.1) is 0 Å². The summed E-state index contributed by atoms with van der Waals surface area (Å²) in [4.78, 5) is 0. The van der Waals surface area contributed by atoms with Crippen molar-refractivity contribution < 1.29 is 4.57 Å². The largest absolute Gasteiger partial charge is 0.256 e. The molecule has 0 spiro atoms. The minimum absolute atomic E-state index is 1.23. The van der Waals surface area contributed by atoms with E-state index in [9.17, 15) is 0 Å². The van der Waals surface area contributed by atoms with Crippen LogP contribution in [0.25, 0.3) is 0 Å². The van der Waals surface area contributed by atoms with Crippen LogP contribution in [0.4, 0.5) is 0 Å². The predicted octanol–water partition coefficient (Wildman–Crippen LogP) is 15.8. The van der Waals surface area contributed by atoms with E-state index in [4.69, 9.17) is 0 Å². The predicted molar refractivity (Wildman–Crippen MR) is 216 cm³/mol. The molecule has 0 aliphatic carbocycles. The van der Waals surface area contributed by atoms with E-state index in [2.05, 4.69) is 42.3 Å². The molecule has 48 heavy (non-hydrogen) atoms. The van der Waals surface area contributed by atoms with Gasteiger partial charge in [0.15, 0.2) is 0 Å². The second-order valence-corrected chi connectivity index (χ2v) is 15.9. The third-order valence-electron chi connectivity index (χ3n) is 11.1. The maximum Gasteiger partial charge on any atom is 0.256 e. The monoisotopic (exact) mass is 672 g/mol. The Labute approximate surface area is 304 Å². The molecule has 2 nitrogen and oxygen atoms in total. The summed E-state index contributed by atoms with van der Waals surface area (Å²) in [5.41, 5.74) is 0. The van der Waals surface area contributed by atoms with Gasteiger partial charge < -0.3 is 0 Å². The Morgan fingerprint density at radius 3 is 1.00 bits per heavy atom. The van der Waals surface area contributed by atoms with E-state index in [1.165, 1.54) is 257 Å². The Balaban J connectivity index is 2.21. The Hall–Kier alpha value is -0.790. The first-order chi connectivity index (χ1) is 23.8. The molecule has 284 valence electrons. The quantitative estimate of drug-likeness (QED) is 0.0485. The summed E-state index contributed by atoms with van der Waals surface area (Å²) in [6, 6.07) is 0. The lowest BCUT2D eigenvalue weighted by Gasteiger charge is -2.07. The van der Waals surface area contributed by atoms with E-state index < -0.39 is 0 Å². The normalized spacial score (nSPS) is 11.6. The summed E-state index contributed by atoms with van der Waals surface area (Å²) in [6.45, 7) is 9.41. The zero-order chi connectivity index (χ0) is 34.4. The number of aromatic nitrogens is 2. The fourth-order valence-corrected chi connectivity index (χ4v) is 7.74. The van der Waals surface area contributed by atoms with Gasteiger partial charge in [0.05, 0.1) is 13.1 Å². The smallest absolute Gasteiger partial charge is 0.234 e. The van der Waals surface area contributed by atoms with Gasteiger partial charge in [0, 0.05) is 6.42 Å². The molecule has 0 N–H and O–H groups in total. The summed E-state index contributed by atoms with van der Waals surface area (Å²) in [6.07, 6.45) is 59.3. The van der Waals surface area contributed by atoms with Crippen molar-refractivity contribution in [1.29, 1.82) is 0 Å². The lowest BCUT2D eigenvalue weighted by molar-refractivity contribution is -0.704. The molecule has 0 saturated carbocycles. The highest BCUT2D eigenvalue weighted by molar-refractivity contribution is 4.84. The molecule has 0 bridgehead atoms. The highest BCUT2D eigenvalue weighted by Gasteiger charge is 2.16. The SMILES string of the molecule is CCCCCCCCCCCCCCCCCCC[n+]1ccn(CCCCCCCCCCCCCC)c1CCCCCCCCCC. The van der Waals surface area contributed by atoms with Gasteiger partial charge >= 0.3 is 0 Å². The topological polar surface area (TPSA) is 8.81 Å². The third-order valence-corrected chi connectivity index (χ3v) is 11.1. The molecule has 0 radical (unpaired) electrons. The van der Waals surface area contributed by atoms with Crippen molar-refractivity contribution in [3.8, 4) is 0 Å². The molecule has 0 aliphatic heterocycles. The standard InChI is InChI=1S/C46H91N2/c1-4-7-10-13-16-19-21-23-24-25-26-27-29-31-34-37-40-43-48-45-44-47(46(48)41-38-35-32-18-15-12-9-6-3)42-39-36-33-30-28-22-20-17-14-11-8-5-2/h44-45H,4-43H2,1-3H3/q+1. The van der Waals surface area contributed by atoms with Gasteiger partial charge in [0.2, 0.25) is 0 Å². The summed E-state index contributed by atoms with van der Waals surface area (Å²) in [7, 11) is 0. The Bertz CT molecular complexity index is 736. The first-order valence-corrected chi connectivity index (χ1v) is 22.9. The minimum Gasteiger partial charge on any atom is -0.234 e. The van der Waals surface area contributed by atoms with Crippen LogP contribution >= 0.6 is 0 Å². The number of unbranched alkanes of at least 4 members (excludes halogenated alkanes) is 34. The lowest BCUT2D eigenvalue weighted by atomic mass is 10.0. The van der Waals surface area contributed by atoms with Gasteiger partial charge in [0.1, 0.15) is 12.4 Å². The Morgan fingerprint density at radius 1 is 0.354 bits per heavy atom. The van der Waals surface area contributed by atoms with Crippen molar-refractivity contribution >= 4 is 0 Å². The molecule has 0 unspecified atom stereocenters. The molecule has 1 aromatic heterocycles. The number of hydrogen-bond acceptors (Lipinski definition) is 0. The maximum absolute atomic E-state index is 2.65. The van der Waals surface area contributed by atoms with Crippen molar-refractivity contribution in [2.75, 3.05) is 0 Å². The highest BCUT2D eigenvalue weighted by Crippen LogP contribution is 2.16. The average molecular weight is 672 g/mol. The molecular weight excluding hydrogens is 581 g/mol. The van der Waals surface area contributed by atoms with E-state index in [0.29, 0.717) is 0 Å². The van der Waals surface area contributed by atoms with Crippen LogP contribution in [0.1, 0.15) is 264 Å². The van der Waals surface area contributed by atoms with Crippen LogP contribution in [0.5, 0.6) is 0 Å². The number of aryl methyl sites for hydroxylation is 2. The average Bonchev–Trinajstić information content (AvgIpc) is 3.48. The van der Waals surface area contributed by atoms with Crippen molar-refractivity contribution in [1.82, 2.24) is 4.57 Å². The molecule has 0 aromatic carbocycles. The Kier molecular flexibility index (Phi) is 35.3. The first kappa shape index (κ1) is 45.2. The molecule has 1 heterocycles. The summed E-state index contributed by atoms with van der Waals surface area (Å²) < 4.78 is 5.29. The van der Waals surface area contributed by atoms with Crippen molar-refractivity contribution in [3.05, 3.63) is 18.2 Å². The maximum atomic E-state index is 2.65. The molecule has 0 amide bonds. The Morgan fingerprint density at radius 2 is 0.646 bits per heavy atom. The highest BCUT2D eigenvalue weighted by atomic mass is 15.1. The fourth-order valence-electron chi connectivity index (χ4n) is 7.74. The summed E-state index contributed by atoms with van der Waals surface area (Å²) in [5.74, 6) is 1.63. The van der Waals surface area contributed by atoms with E-state index in [1.54, 1.807) is 5.82 Å². The molecule has 2 heteroatoms. The van der Waals surface area contributed by atoms with Crippen LogP contribution in [0, 0.1) is 0 Å². The van der Waals surface area contributed by atoms with E-state index in [1.807, 2.05) is 0 Å². The van der Waals surface area contributed by atoms with Crippen LogP contribution in [0.2, 0.25) is 0 Å². The molecule has 0 aliphatic rings. The molecule has 1 rings (SSSR count). The zero-order valence-corrected chi connectivity index (χ0v) is 33.8. The second kappa shape index (κ2) is 37.5. The fraction of sp³-hybridized carbons (Fsp3) is 0.935. The van der Waals surface area contributed by atoms with Gasteiger partial charge in [-0.2, -0.15) is 0 Å². The summed E-state index contributed by atoms with van der Waals surface area (Å²) in [5, 5.41) is 0. The molecule has 0 fully saturated rings. The molecule has 1 aromatic rings. The lowest BCUT2D eigenvalue weighted by Crippen LogP contribution is -2.37. The molecule has 0 atom stereocenters. The number of nitrogens with zero attached hydrogens (tertiary/aromatic N) is 2. The first-order valence-electron chi connectivity index (χ1n) is 22.9. The van der Waals surface area contributed by atoms with Crippen molar-refractivity contribution in [3.63, 3.8) is 0 Å². The van der Waals surface area contributed by atoms with Crippen molar-refractivity contribution in [2.45, 2.75) is 278 Å². The van der Waals surface area contributed by atoms with Crippen LogP contribution in [0.15, 0.2) is 12.4 Å². The zero-order valence-electron chi connectivity index (χ0n) is 33.8. The second-order valence-electron chi connectivity index (χ2n) is 15.9. The summed E-state index contributed by atoms with van der Waals surface area (Å²) >= 11 is 0. The van der Waals surface area contributed by atoms with Crippen molar-refractivity contribution in [2.24, 2.45) is 0 Å². The van der Waals surface area contributed by atoms with E-state index in [0.717, 1.165) is 0 Å². The third kappa shape index (κ3) is 29.0. The molecular formula is C46H91N2+. The van der Waals surface area contributed by atoms with Gasteiger partial charge in [-0.1, -0.05) is 226 Å². The van der Waals surface area contributed by atoms with Gasteiger partial charge in [0.25, 0.3) is 5.82 Å². The molecule has 0 saturated heterocycles. The van der Waals surface area contributed by atoms with Crippen LogP contribution in [-0.4, -0.2) is 4.57 Å². The van der Waals surface area contributed by atoms with Crippen LogP contribution in [0.3, 0.4) is 0 Å². The van der Waals surface area contributed by atoms with E-state index >= 15 is 0 Å². The van der Waals surface area contributed by atoms with E-state index in [-0.39, 0.29) is 0 Å². The van der Waals surface area contributed by atoms with Crippen LogP contribution < -0.4 is 4.57 Å². The number of rotatable bonds is 40.